The molecule has 0 spiro atoms. The lowest BCUT2D eigenvalue weighted by atomic mass is 10.5. The van der Waals surface area contributed by atoms with E-state index in [1.165, 1.54) is 17.4 Å². The van der Waals surface area contributed by atoms with Gasteiger partial charge in [-0.25, -0.2) is 15.0 Å². The summed E-state index contributed by atoms with van der Waals surface area (Å²) in [6.45, 7) is 0.280. The predicted octanol–water partition coefficient (Wildman–Crippen LogP) is 3.22. The Morgan fingerprint density at radius 3 is 2.72 bits per heavy atom. The summed E-state index contributed by atoms with van der Waals surface area (Å²) in [6.07, 6.45) is -3.02. The van der Waals surface area contributed by atoms with E-state index in [-0.39, 0.29) is 17.5 Å². The smallest absolute Gasteiger partial charge is 0.363 e. The molecule has 0 aliphatic carbocycles. The van der Waals surface area contributed by atoms with E-state index in [0.29, 0.717) is 0 Å². The first-order valence-electron chi connectivity index (χ1n) is 4.69. The summed E-state index contributed by atoms with van der Waals surface area (Å²) in [7, 11) is 0. The van der Waals surface area contributed by atoms with Crippen LogP contribution in [0.5, 0.6) is 0 Å². The number of thiazole rings is 1. The molecule has 0 saturated heterocycles. The normalized spacial score (nSPS) is 11.6. The third-order valence-corrected chi connectivity index (χ3v) is 2.83. The highest BCUT2D eigenvalue weighted by atomic mass is 35.5. The van der Waals surface area contributed by atoms with Crippen LogP contribution >= 0.6 is 22.9 Å². The van der Waals surface area contributed by atoms with Gasteiger partial charge in [-0.15, -0.1) is 11.3 Å². The van der Waals surface area contributed by atoms with E-state index < -0.39 is 12.0 Å². The summed E-state index contributed by atoms with van der Waals surface area (Å²) >= 11 is 6.90. The van der Waals surface area contributed by atoms with Crippen molar-refractivity contribution in [3.63, 3.8) is 0 Å². The Kier molecular flexibility index (Phi) is 3.67. The van der Waals surface area contributed by atoms with Crippen molar-refractivity contribution in [1.82, 2.24) is 15.0 Å². The monoisotopic (exact) mass is 294 g/mol. The topological polar surface area (TPSA) is 50.7 Å². The van der Waals surface area contributed by atoms with Gasteiger partial charge in [-0.05, 0) is 0 Å². The molecule has 0 aliphatic heterocycles. The molecular formula is C9H6ClF3N4S. The zero-order valence-corrected chi connectivity index (χ0v) is 10.3. The van der Waals surface area contributed by atoms with Crippen molar-refractivity contribution >= 4 is 28.8 Å². The molecule has 0 aliphatic rings. The fraction of sp³-hybridized carbons (Fsp3) is 0.222. The van der Waals surface area contributed by atoms with E-state index in [0.717, 1.165) is 5.01 Å². The quantitative estimate of drug-likeness (QED) is 0.883. The van der Waals surface area contributed by atoms with Crippen molar-refractivity contribution in [3.05, 3.63) is 33.6 Å². The van der Waals surface area contributed by atoms with E-state index in [2.05, 4.69) is 20.3 Å². The van der Waals surface area contributed by atoms with Gasteiger partial charge in [0.15, 0.2) is 0 Å². The van der Waals surface area contributed by atoms with Gasteiger partial charge in [0, 0.05) is 17.6 Å². The number of halogens is 4. The van der Waals surface area contributed by atoms with Crippen LogP contribution in [0.2, 0.25) is 5.15 Å². The van der Waals surface area contributed by atoms with Gasteiger partial charge in [-0.1, -0.05) is 11.6 Å². The van der Waals surface area contributed by atoms with Crippen LogP contribution < -0.4 is 5.32 Å². The van der Waals surface area contributed by atoms with Crippen LogP contribution in [-0.4, -0.2) is 15.0 Å². The third kappa shape index (κ3) is 3.30. The molecule has 18 heavy (non-hydrogen) atoms. The molecule has 0 unspecified atom stereocenters. The van der Waals surface area contributed by atoms with Crippen LogP contribution in [0.25, 0.3) is 0 Å². The minimum absolute atomic E-state index is 0.0116. The molecule has 0 bridgehead atoms. The highest BCUT2D eigenvalue weighted by Crippen LogP contribution is 2.28. The molecule has 2 aromatic rings. The summed E-state index contributed by atoms with van der Waals surface area (Å²) in [5, 5.41) is 4.95. The predicted molar refractivity (Wildman–Crippen MR) is 61.5 cm³/mol. The van der Waals surface area contributed by atoms with Crippen LogP contribution in [0.15, 0.2) is 17.6 Å². The molecule has 0 aromatic carbocycles. The fourth-order valence-corrected chi connectivity index (χ4v) is 1.88. The second-order valence-corrected chi connectivity index (χ2v) is 4.54. The molecular weight excluding hydrogens is 289 g/mol. The Hall–Kier alpha value is -1.41. The van der Waals surface area contributed by atoms with Crippen LogP contribution in [0, 0.1) is 0 Å². The largest absolute Gasteiger partial charge is 0.451 e. The molecule has 0 amide bonds. The summed E-state index contributed by atoms with van der Waals surface area (Å²) in [5.74, 6) is -1.26. The Morgan fingerprint density at radius 2 is 2.11 bits per heavy atom. The number of hydrogen-bond donors (Lipinski definition) is 1. The average Bonchev–Trinajstić information content (AvgIpc) is 2.77. The molecule has 0 fully saturated rings. The van der Waals surface area contributed by atoms with Gasteiger partial charge in [-0.3, -0.25) is 0 Å². The number of alkyl halides is 3. The highest BCUT2D eigenvalue weighted by Gasteiger charge is 2.35. The molecule has 0 atom stereocenters. The lowest BCUT2D eigenvalue weighted by molar-refractivity contribution is -0.144. The fourth-order valence-electron chi connectivity index (χ4n) is 1.14. The van der Waals surface area contributed by atoms with Crippen molar-refractivity contribution in [2.24, 2.45) is 0 Å². The van der Waals surface area contributed by atoms with Crippen LogP contribution in [0.4, 0.5) is 19.0 Å². The van der Waals surface area contributed by atoms with E-state index in [1.54, 1.807) is 11.6 Å². The number of hydrogen-bond acceptors (Lipinski definition) is 5. The first-order valence-corrected chi connectivity index (χ1v) is 5.95. The number of aromatic nitrogens is 3. The van der Waals surface area contributed by atoms with Gasteiger partial charge in [0.1, 0.15) is 16.0 Å². The molecule has 1 N–H and O–H groups in total. The summed E-state index contributed by atoms with van der Waals surface area (Å²) in [5.41, 5.74) is 0. The lowest BCUT2D eigenvalue weighted by Gasteiger charge is -2.08. The summed E-state index contributed by atoms with van der Waals surface area (Å²) in [4.78, 5) is 10.5. The van der Waals surface area contributed by atoms with Crippen molar-refractivity contribution in [2.75, 3.05) is 5.32 Å². The molecule has 2 aromatic heterocycles. The maximum Gasteiger partial charge on any atom is 0.451 e. The average molecular weight is 295 g/mol. The van der Waals surface area contributed by atoms with Crippen molar-refractivity contribution in [1.29, 1.82) is 0 Å². The minimum atomic E-state index is -4.62. The first kappa shape index (κ1) is 13.0. The zero-order valence-electron chi connectivity index (χ0n) is 8.70. The van der Waals surface area contributed by atoms with Gasteiger partial charge in [0.25, 0.3) is 0 Å². The Balaban J connectivity index is 2.15. The van der Waals surface area contributed by atoms with Crippen molar-refractivity contribution in [2.45, 2.75) is 12.7 Å². The van der Waals surface area contributed by atoms with Gasteiger partial charge in [0.2, 0.25) is 5.82 Å². The van der Waals surface area contributed by atoms with E-state index in [9.17, 15) is 13.2 Å². The van der Waals surface area contributed by atoms with Crippen LogP contribution in [0.1, 0.15) is 10.8 Å². The molecule has 2 heterocycles. The SMILES string of the molecule is FC(F)(F)c1nc(Cl)cc(NCc2nccs2)n1. The van der Waals surface area contributed by atoms with Crippen molar-refractivity contribution < 1.29 is 13.2 Å². The number of nitrogens with one attached hydrogen (secondary N) is 1. The number of rotatable bonds is 3. The van der Waals surface area contributed by atoms with E-state index in [4.69, 9.17) is 11.6 Å². The van der Waals surface area contributed by atoms with Gasteiger partial charge in [-0.2, -0.15) is 13.2 Å². The number of anilines is 1. The second-order valence-electron chi connectivity index (χ2n) is 3.18. The maximum absolute atomic E-state index is 12.4. The standard InChI is InChI=1S/C9H6ClF3N4S/c10-5-3-6(15-4-7-14-1-2-18-7)17-8(16-5)9(11,12)13/h1-3H,4H2,(H,15,16,17). The lowest BCUT2D eigenvalue weighted by Crippen LogP contribution is -2.13. The van der Waals surface area contributed by atoms with Crippen molar-refractivity contribution in [3.8, 4) is 0 Å². The Bertz CT molecular complexity index is 529. The van der Waals surface area contributed by atoms with Gasteiger partial charge >= 0.3 is 6.18 Å². The summed E-state index contributed by atoms with van der Waals surface area (Å²) < 4.78 is 37.3. The van der Waals surface area contributed by atoms with Gasteiger partial charge in [0.05, 0.1) is 6.54 Å². The zero-order chi connectivity index (χ0) is 13.2. The highest BCUT2D eigenvalue weighted by molar-refractivity contribution is 7.09. The van der Waals surface area contributed by atoms with E-state index >= 15 is 0 Å². The third-order valence-electron chi connectivity index (χ3n) is 1.85. The summed E-state index contributed by atoms with van der Waals surface area (Å²) in [6, 6.07) is 1.23. The molecule has 4 nitrogen and oxygen atoms in total. The Labute approximate surface area is 109 Å². The van der Waals surface area contributed by atoms with Crippen LogP contribution in [-0.2, 0) is 12.7 Å². The molecule has 0 radical (unpaired) electrons. The second kappa shape index (κ2) is 5.07. The minimum Gasteiger partial charge on any atom is -0.363 e. The van der Waals surface area contributed by atoms with E-state index in [1.807, 2.05) is 0 Å². The molecule has 2 rings (SSSR count). The van der Waals surface area contributed by atoms with Gasteiger partial charge < -0.3 is 5.32 Å². The van der Waals surface area contributed by atoms with Crippen LogP contribution in [0.3, 0.4) is 0 Å². The first-order chi connectivity index (χ1) is 8.45. The molecule has 96 valence electrons. The number of nitrogens with zero attached hydrogens (tertiary/aromatic N) is 3. The molecule has 9 heteroatoms. The molecule has 0 saturated carbocycles. The Morgan fingerprint density at radius 1 is 1.33 bits per heavy atom. The maximum atomic E-state index is 12.4.